The van der Waals surface area contributed by atoms with Gasteiger partial charge >= 0.3 is 0 Å². The van der Waals surface area contributed by atoms with E-state index in [1.54, 1.807) is 18.8 Å². The van der Waals surface area contributed by atoms with E-state index < -0.39 is 0 Å². The summed E-state index contributed by atoms with van der Waals surface area (Å²) in [6.45, 7) is 3.11. The molecule has 0 saturated carbocycles. The summed E-state index contributed by atoms with van der Waals surface area (Å²) >= 11 is 1.73. The van der Waals surface area contributed by atoms with Crippen molar-refractivity contribution in [2.45, 2.75) is 26.0 Å². The minimum Gasteiger partial charge on any atom is -0.367 e. The van der Waals surface area contributed by atoms with Crippen LogP contribution < -0.4 is 10.6 Å². The van der Waals surface area contributed by atoms with Gasteiger partial charge in [-0.1, -0.05) is 54.2 Å². The van der Waals surface area contributed by atoms with Crippen LogP contribution in [0.1, 0.15) is 30.5 Å². The zero-order valence-electron chi connectivity index (χ0n) is 18.8. The van der Waals surface area contributed by atoms with Crippen LogP contribution in [-0.4, -0.2) is 47.8 Å². The van der Waals surface area contributed by atoms with Gasteiger partial charge in [-0.15, -0.1) is 0 Å². The summed E-state index contributed by atoms with van der Waals surface area (Å²) in [5.74, 6) is 0.700. The van der Waals surface area contributed by atoms with Gasteiger partial charge in [0.1, 0.15) is 6.61 Å². The van der Waals surface area contributed by atoms with Crippen molar-refractivity contribution in [1.29, 1.82) is 0 Å². The average Bonchev–Trinajstić information content (AvgIpc) is 2.84. The number of rotatable bonds is 7. The first-order chi connectivity index (χ1) is 16.1. The van der Waals surface area contributed by atoms with Gasteiger partial charge in [-0.05, 0) is 36.6 Å². The highest BCUT2D eigenvalue weighted by Crippen LogP contribution is 2.39. The molecule has 1 atom stereocenters. The maximum Gasteiger partial charge on any atom is 0.251 e. The third-order valence-corrected chi connectivity index (χ3v) is 6.66. The van der Waals surface area contributed by atoms with Gasteiger partial charge in [0.15, 0.2) is 5.17 Å². The highest BCUT2D eigenvalue weighted by molar-refractivity contribution is 8.13. The molecule has 4 rings (SSSR count). The molecule has 0 aliphatic carbocycles. The molecule has 33 heavy (non-hydrogen) atoms. The molecule has 2 aromatic carbocycles. The molecular formula is C25H28N4O3S. The van der Waals surface area contributed by atoms with Crippen LogP contribution in [0.25, 0.3) is 0 Å². The second-order valence-corrected chi connectivity index (χ2v) is 8.98. The Labute approximate surface area is 198 Å². The van der Waals surface area contributed by atoms with Gasteiger partial charge in [-0.25, -0.2) is 4.99 Å². The number of likely N-dealkylation sites (N-methyl/N-ethyl adjacent to an activating group) is 1. The molecule has 8 heteroatoms. The van der Waals surface area contributed by atoms with E-state index in [1.807, 2.05) is 61.5 Å². The zero-order valence-corrected chi connectivity index (χ0v) is 19.7. The Morgan fingerprint density at radius 1 is 1.15 bits per heavy atom. The van der Waals surface area contributed by atoms with Crippen LogP contribution in [0.4, 0.5) is 5.69 Å². The third-order valence-electron chi connectivity index (χ3n) is 5.59. The van der Waals surface area contributed by atoms with Crippen molar-refractivity contribution >= 4 is 34.4 Å². The topological polar surface area (TPSA) is 83.0 Å². The lowest BCUT2D eigenvalue weighted by molar-refractivity contribution is -0.121. The van der Waals surface area contributed by atoms with E-state index in [4.69, 9.17) is 9.73 Å². The molecule has 172 valence electrons. The van der Waals surface area contributed by atoms with E-state index in [9.17, 15) is 9.59 Å². The van der Waals surface area contributed by atoms with E-state index in [0.29, 0.717) is 17.9 Å². The average molecular weight is 465 g/mol. The Morgan fingerprint density at radius 3 is 2.64 bits per heavy atom. The summed E-state index contributed by atoms with van der Waals surface area (Å²) in [5, 5.41) is 6.59. The maximum absolute atomic E-state index is 12.7. The van der Waals surface area contributed by atoms with E-state index in [0.717, 1.165) is 40.7 Å². The zero-order chi connectivity index (χ0) is 23.2. The Morgan fingerprint density at radius 2 is 1.91 bits per heavy atom. The molecule has 2 aliphatic heterocycles. The third kappa shape index (κ3) is 5.46. The smallest absolute Gasteiger partial charge is 0.251 e. The Hall–Kier alpha value is -3.10. The number of allylic oxidation sites excluding steroid dienone is 1. The molecule has 0 radical (unpaired) electrons. The van der Waals surface area contributed by atoms with Crippen LogP contribution in [0.15, 0.2) is 70.9 Å². The van der Waals surface area contributed by atoms with Crippen LogP contribution in [0, 0.1) is 0 Å². The summed E-state index contributed by atoms with van der Waals surface area (Å²) in [5.41, 5.74) is 4.10. The van der Waals surface area contributed by atoms with Crippen LogP contribution in [0.5, 0.6) is 0 Å². The van der Waals surface area contributed by atoms with Crippen molar-refractivity contribution in [2.24, 2.45) is 4.99 Å². The van der Waals surface area contributed by atoms with Gasteiger partial charge in [0.2, 0.25) is 5.91 Å². The number of ether oxygens (including phenoxy) is 1. The first kappa shape index (κ1) is 23.1. The largest absolute Gasteiger partial charge is 0.367 e. The number of fused-ring (bicyclic) bond motifs is 1. The predicted molar refractivity (Wildman–Crippen MR) is 132 cm³/mol. The van der Waals surface area contributed by atoms with Gasteiger partial charge in [0.05, 0.1) is 23.9 Å². The summed E-state index contributed by atoms with van der Waals surface area (Å²) in [6, 6.07) is 17.2. The number of anilines is 1. The predicted octanol–water partition coefficient (Wildman–Crippen LogP) is 3.71. The van der Waals surface area contributed by atoms with Gasteiger partial charge in [0.25, 0.3) is 5.91 Å². The molecule has 0 spiro atoms. The Kier molecular flexibility index (Phi) is 7.47. The molecule has 2 amide bonds. The SMILES string of the molecule is CNC(=O)C1=C(C)N=C2SCCCN2C1c1ccc(NC(=O)COCc2ccccc2)cc1. The van der Waals surface area contributed by atoms with Crippen LogP contribution in [0.2, 0.25) is 0 Å². The van der Waals surface area contributed by atoms with Gasteiger partial charge in [0, 0.05) is 25.0 Å². The van der Waals surface area contributed by atoms with Crippen LogP contribution in [0.3, 0.4) is 0 Å². The number of amidine groups is 1. The molecule has 1 fully saturated rings. The molecule has 2 heterocycles. The number of amides is 2. The van der Waals surface area contributed by atoms with E-state index >= 15 is 0 Å². The van der Waals surface area contributed by atoms with Crippen molar-refractivity contribution in [3.63, 3.8) is 0 Å². The highest BCUT2D eigenvalue weighted by Gasteiger charge is 2.36. The monoisotopic (exact) mass is 464 g/mol. The van der Waals surface area contributed by atoms with Crippen molar-refractivity contribution in [2.75, 3.05) is 31.3 Å². The van der Waals surface area contributed by atoms with Gasteiger partial charge < -0.3 is 20.3 Å². The minimum atomic E-state index is -0.208. The molecule has 2 N–H and O–H groups in total. The fourth-order valence-corrected chi connectivity index (χ4v) is 5.04. The highest BCUT2D eigenvalue weighted by atomic mass is 32.2. The Bertz CT molecular complexity index is 1070. The number of hydrogen-bond donors (Lipinski definition) is 2. The maximum atomic E-state index is 12.7. The van der Waals surface area contributed by atoms with E-state index in [1.165, 1.54) is 0 Å². The number of carbonyl (C=O) groups is 2. The van der Waals surface area contributed by atoms with Crippen molar-refractivity contribution < 1.29 is 14.3 Å². The van der Waals surface area contributed by atoms with Crippen molar-refractivity contribution in [3.05, 3.63) is 77.0 Å². The summed E-state index contributed by atoms with van der Waals surface area (Å²) in [6.07, 6.45) is 1.04. The van der Waals surface area contributed by atoms with Crippen LogP contribution >= 0.6 is 11.8 Å². The molecule has 2 aliphatic rings. The number of benzene rings is 2. The standard InChI is InChI=1S/C25H28N4O3S/c1-17-22(24(31)26-2)23(29-13-6-14-33-25(29)27-17)19-9-11-20(12-10-19)28-21(30)16-32-15-18-7-4-3-5-8-18/h3-5,7-12,23H,6,13-16H2,1-2H3,(H,26,31)(H,28,30). The lowest BCUT2D eigenvalue weighted by Gasteiger charge is -2.40. The van der Waals surface area contributed by atoms with Crippen molar-refractivity contribution in [3.8, 4) is 0 Å². The minimum absolute atomic E-state index is 0.0210. The molecule has 0 bridgehead atoms. The lowest BCUT2D eigenvalue weighted by Crippen LogP contribution is -2.43. The first-order valence-electron chi connectivity index (χ1n) is 11.0. The van der Waals surface area contributed by atoms with E-state index in [2.05, 4.69) is 15.5 Å². The van der Waals surface area contributed by atoms with E-state index in [-0.39, 0.29) is 24.5 Å². The summed E-state index contributed by atoms with van der Waals surface area (Å²) < 4.78 is 5.51. The fourth-order valence-electron chi connectivity index (χ4n) is 4.02. The Balaban J connectivity index is 1.44. The fraction of sp³-hybridized carbons (Fsp3) is 0.320. The number of nitrogens with zero attached hydrogens (tertiary/aromatic N) is 2. The first-order valence-corrected chi connectivity index (χ1v) is 12.0. The molecule has 1 unspecified atom stereocenters. The number of hydrogen-bond acceptors (Lipinski definition) is 6. The van der Waals surface area contributed by atoms with Gasteiger partial charge in [-0.2, -0.15) is 0 Å². The van der Waals surface area contributed by atoms with Crippen LogP contribution in [-0.2, 0) is 20.9 Å². The normalized spacial score (nSPS) is 17.8. The second kappa shape index (κ2) is 10.7. The van der Waals surface area contributed by atoms with Crippen molar-refractivity contribution in [1.82, 2.24) is 10.2 Å². The molecular weight excluding hydrogens is 436 g/mol. The number of nitrogens with one attached hydrogen (secondary N) is 2. The second-order valence-electron chi connectivity index (χ2n) is 7.92. The lowest BCUT2D eigenvalue weighted by atomic mass is 9.93. The molecule has 1 saturated heterocycles. The molecule has 0 aromatic heterocycles. The van der Waals surface area contributed by atoms with Gasteiger partial charge in [-0.3, -0.25) is 9.59 Å². The number of thioether (sulfide) groups is 1. The summed E-state index contributed by atoms with van der Waals surface area (Å²) in [7, 11) is 1.64. The number of aliphatic imine (C=N–C) groups is 1. The molecule has 2 aromatic rings. The summed E-state index contributed by atoms with van der Waals surface area (Å²) in [4.78, 5) is 31.9. The number of carbonyl (C=O) groups excluding carboxylic acids is 2. The molecule has 7 nitrogen and oxygen atoms in total. The quantitative estimate of drug-likeness (QED) is 0.653.